The van der Waals surface area contributed by atoms with Crippen molar-refractivity contribution in [1.29, 1.82) is 0 Å². The zero-order valence-corrected chi connectivity index (χ0v) is 12.1. The minimum Gasteiger partial charge on any atom is -0.493 e. The molecule has 5 nitrogen and oxygen atoms in total. The maximum Gasteiger partial charge on any atom is 0.228 e. The summed E-state index contributed by atoms with van der Waals surface area (Å²) in [5, 5.41) is 2.83. The summed E-state index contributed by atoms with van der Waals surface area (Å²) in [6.07, 6.45) is 0.286. The summed E-state index contributed by atoms with van der Waals surface area (Å²) in [5.41, 5.74) is 7.86. The highest BCUT2D eigenvalue weighted by molar-refractivity contribution is 5.92. The van der Waals surface area contributed by atoms with Crippen LogP contribution in [0, 0.1) is 0 Å². The average molecular weight is 286 g/mol. The largest absolute Gasteiger partial charge is 0.493 e. The molecule has 110 valence electrons. The number of nitrogens with one attached hydrogen (secondary N) is 1. The number of anilines is 2. The second kappa shape index (κ2) is 6.65. The Morgan fingerprint density at radius 1 is 1.05 bits per heavy atom. The van der Waals surface area contributed by atoms with Crippen LogP contribution in [0.1, 0.15) is 5.56 Å². The highest BCUT2D eigenvalue weighted by atomic mass is 16.5. The van der Waals surface area contributed by atoms with E-state index in [1.54, 1.807) is 44.6 Å². The van der Waals surface area contributed by atoms with Gasteiger partial charge in [0.25, 0.3) is 0 Å². The summed E-state index contributed by atoms with van der Waals surface area (Å²) in [6.45, 7) is 0. The van der Waals surface area contributed by atoms with Crippen LogP contribution in [-0.2, 0) is 11.2 Å². The van der Waals surface area contributed by atoms with Crippen molar-refractivity contribution in [3.05, 3.63) is 48.0 Å². The second-order valence-corrected chi connectivity index (χ2v) is 4.54. The molecule has 2 rings (SSSR count). The molecule has 0 aliphatic heterocycles. The Morgan fingerprint density at radius 3 is 2.33 bits per heavy atom. The van der Waals surface area contributed by atoms with E-state index in [2.05, 4.69) is 5.32 Å². The quantitative estimate of drug-likeness (QED) is 0.828. The van der Waals surface area contributed by atoms with Gasteiger partial charge in [0.05, 0.1) is 20.6 Å². The number of carbonyl (C=O) groups is 1. The van der Waals surface area contributed by atoms with Gasteiger partial charge in [-0.2, -0.15) is 0 Å². The molecule has 2 aromatic carbocycles. The third kappa shape index (κ3) is 3.89. The van der Waals surface area contributed by atoms with Crippen LogP contribution in [0.5, 0.6) is 11.5 Å². The van der Waals surface area contributed by atoms with Crippen LogP contribution in [0.2, 0.25) is 0 Å². The molecule has 0 aliphatic carbocycles. The van der Waals surface area contributed by atoms with Crippen molar-refractivity contribution >= 4 is 17.3 Å². The number of nitrogen functional groups attached to an aromatic ring is 1. The van der Waals surface area contributed by atoms with E-state index in [9.17, 15) is 4.79 Å². The smallest absolute Gasteiger partial charge is 0.228 e. The summed E-state index contributed by atoms with van der Waals surface area (Å²) in [6, 6.07) is 12.5. The van der Waals surface area contributed by atoms with E-state index < -0.39 is 0 Å². The molecule has 21 heavy (non-hydrogen) atoms. The molecular weight excluding hydrogens is 268 g/mol. The van der Waals surface area contributed by atoms with Crippen molar-refractivity contribution in [3.8, 4) is 11.5 Å². The number of carbonyl (C=O) groups excluding carboxylic acids is 1. The third-order valence-corrected chi connectivity index (χ3v) is 3.01. The molecule has 0 atom stereocenters. The molecule has 0 fully saturated rings. The van der Waals surface area contributed by atoms with Crippen LogP contribution >= 0.6 is 0 Å². The van der Waals surface area contributed by atoms with Gasteiger partial charge in [-0.15, -0.1) is 0 Å². The lowest BCUT2D eigenvalue weighted by atomic mass is 10.1. The second-order valence-electron chi connectivity index (χ2n) is 4.54. The lowest BCUT2D eigenvalue weighted by Gasteiger charge is -2.10. The highest BCUT2D eigenvalue weighted by Gasteiger charge is 2.08. The molecule has 2 aromatic rings. The number of ether oxygens (including phenoxy) is 2. The molecule has 0 saturated carbocycles. The summed E-state index contributed by atoms with van der Waals surface area (Å²) in [4.78, 5) is 12.0. The Kier molecular flexibility index (Phi) is 4.66. The van der Waals surface area contributed by atoms with Gasteiger partial charge >= 0.3 is 0 Å². The van der Waals surface area contributed by atoms with Crippen molar-refractivity contribution < 1.29 is 14.3 Å². The molecule has 3 N–H and O–H groups in total. The SMILES string of the molecule is COc1ccc(NC(=O)Cc2ccc(N)cc2)cc1OC. The van der Waals surface area contributed by atoms with Crippen LogP contribution in [-0.4, -0.2) is 20.1 Å². The first kappa shape index (κ1) is 14.7. The molecular formula is C16H18N2O3. The molecule has 0 bridgehead atoms. The fraction of sp³-hybridized carbons (Fsp3) is 0.188. The fourth-order valence-electron chi connectivity index (χ4n) is 1.94. The zero-order valence-electron chi connectivity index (χ0n) is 12.1. The number of hydrogen-bond acceptors (Lipinski definition) is 4. The number of nitrogens with two attached hydrogens (primary N) is 1. The first-order chi connectivity index (χ1) is 10.1. The Morgan fingerprint density at radius 2 is 1.71 bits per heavy atom. The number of methoxy groups -OCH3 is 2. The highest BCUT2D eigenvalue weighted by Crippen LogP contribution is 2.29. The lowest BCUT2D eigenvalue weighted by molar-refractivity contribution is -0.115. The van der Waals surface area contributed by atoms with E-state index in [4.69, 9.17) is 15.2 Å². The van der Waals surface area contributed by atoms with Crippen molar-refractivity contribution in [2.45, 2.75) is 6.42 Å². The van der Waals surface area contributed by atoms with Crippen LogP contribution in [0.4, 0.5) is 11.4 Å². The van der Waals surface area contributed by atoms with Crippen LogP contribution in [0.3, 0.4) is 0 Å². The molecule has 0 saturated heterocycles. The van der Waals surface area contributed by atoms with E-state index in [1.165, 1.54) is 0 Å². The minimum atomic E-state index is -0.105. The molecule has 0 aromatic heterocycles. The van der Waals surface area contributed by atoms with E-state index in [1.807, 2.05) is 12.1 Å². The van der Waals surface area contributed by atoms with Gasteiger partial charge in [0, 0.05) is 17.4 Å². The Balaban J connectivity index is 2.04. The topological polar surface area (TPSA) is 73.6 Å². The zero-order chi connectivity index (χ0) is 15.2. The molecule has 0 unspecified atom stereocenters. The monoisotopic (exact) mass is 286 g/mol. The predicted octanol–water partition coefficient (Wildman–Crippen LogP) is 2.47. The summed E-state index contributed by atoms with van der Waals surface area (Å²) in [7, 11) is 3.12. The van der Waals surface area contributed by atoms with Gasteiger partial charge in [-0.05, 0) is 29.8 Å². The first-order valence-electron chi connectivity index (χ1n) is 6.48. The van der Waals surface area contributed by atoms with E-state index in [0.717, 1.165) is 5.56 Å². The maximum absolute atomic E-state index is 12.0. The maximum atomic E-state index is 12.0. The van der Waals surface area contributed by atoms with Gasteiger partial charge in [0.1, 0.15) is 0 Å². The van der Waals surface area contributed by atoms with E-state index >= 15 is 0 Å². The average Bonchev–Trinajstić information content (AvgIpc) is 2.49. The molecule has 0 heterocycles. The lowest BCUT2D eigenvalue weighted by Crippen LogP contribution is -2.14. The Bertz CT molecular complexity index is 624. The first-order valence-corrected chi connectivity index (χ1v) is 6.48. The number of rotatable bonds is 5. The normalized spacial score (nSPS) is 10.0. The van der Waals surface area contributed by atoms with Gasteiger partial charge in [-0.1, -0.05) is 12.1 Å². The molecule has 5 heteroatoms. The van der Waals surface area contributed by atoms with Gasteiger partial charge in [-0.25, -0.2) is 0 Å². The van der Waals surface area contributed by atoms with Crippen molar-refractivity contribution in [3.63, 3.8) is 0 Å². The van der Waals surface area contributed by atoms with Gasteiger partial charge in [0.2, 0.25) is 5.91 Å². The molecule has 0 spiro atoms. The third-order valence-electron chi connectivity index (χ3n) is 3.01. The Hall–Kier alpha value is -2.69. The summed E-state index contributed by atoms with van der Waals surface area (Å²) >= 11 is 0. The van der Waals surface area contributed by atoms with Gasteiger partial charge in [-0.3, -0.25) is 4.79 Å². The molecule has 0 radical (unpaired) electrons. The van der Waals surface area contributed by atoms with Gasteiger partial charge < -0.3 is 20.5 Å². The van der Waals surface area contributed by atoms with Crippen LogP contribution < -0.4 is 20.5 Å². The van der Waals surface area contributed by atoms with Crippen molar-refractivity contribution in [1.82, 2.24) is 0 Å². The molecule has 0 aliphatic rings. The predicted molar refractivity (Wildman–Crippen MR) is 82.7 cm³/mol. The minimum absolute atomic E-state index is 0.105. The summed E-state index contributed by atoms with van der Waals surface area (Å²) < 4.78 is 10.4. The number of benzene rings is 2. The Labute approximate surface area is 123 Å². The van der Waals surface area contributed by atoms with E-state index in [0.29, 0.717) is 22.9 Å². The van der Waals surface area contributed by atoms with Crippen LogP contribution in [0.15, 0.2) is 42.5 Å². The number of amides is 1. The molecule has 1 amide bonds. The fourth-order valence-corrected chi connectivity index (χ4v) is 1.94. The summed E-state index contributed by atoms with van der Waals surface area (Å²) in [5.74, 6) is 1.09. The van der Waals surface area contributed by atoms with Crippen LogP contribution in [0.25, 0.3) is 0 Å². The van der Waals surface area contributed by atoms with Gasteiger partial charge in [0.15, 0.2) is 11.5 Å². The number of hydrogen-bond donors (Lipinski definition) is 2. The standard InChI is InChI=1S/C16H18N2O3/c1-20-14-8-7-13(10-15(14)21-2)18-16(19)9-11-3-5-12(17)6-4-11/h3-8,10H,9,17H2,1-2H3,(H,18,19). The van der Waals surface area contributed by atoms with Crippen molar-refractivity contribution in [2.24, 2.45) is 0 Å². The van der Waals surface area contributed by atoms with E-state index in [-0.39, 0.29) is 12.3 Å². The van der Waals surface area contributed by atoms with Crippen molar-refractivity contribution in [2.75, 3.05) is 25.3 Å².